The van der Waals surface area contributed by atoms with E-state index in [0.717, 1.165) is 25.3 Å². The van der Waals surface area contributed by atoms with Gasteiger partial charge in [0, 0.05) is 13.5 Å². The van der Waals surface area contributed by atoms with Crippen LogP contribution in [0.2, 0.25) is 0 Å². The van der Waals surface area contributed by atoms with E-state index >= 15 is 0 Å². The van der Waals surface area contributed by atoms with Gasteiger partial charge in [0.2, 0.25) is 17.5 Å². The Hall–Kier alpha value is -10.8. The van der Waals surface area contributed by atoms with Crippen LogP contribution in [0.4, 0.5) is 9.59 Å². The average molecular weight is 1250 g/mol. The first-order valence-electron chi connectivity index (χ1n) is 24.1. The van der Waals surface area contributed by atoms with Crippen molar-refractivity contribution >= 4 is 94.7 Å². The molecule has 0 spiro atoms. The summed E-state index contributed by atoms with van der Waals surface area (Å²) in [6.07, 6.45) is -5.47. The number of aliphatic hydroxyl groups excluding tert-OH is 1. The number of hydrogen-bond donors (Lipinski definition) is 21. The molecule has 0 bridgehead atoms. The molecule has 0 aliphatic carbocycles. The third-order valence-corrected chi connectivity index (χ3v) is 10.2. The maximum Gasteiger partial charge on any atom is 0.375 e. The fraction of sp³-hybridized carbons (Fsp3) is 0.444. The predicted octanol–water partition coefficient (Wildman–Crippen LogP) is -6.76. The number of methoxy groups -OCH3 is 1. The summed E-state index contributed by atoms with van der Waals surface area (Å²) in [6.45, 7) is 2.09. The van der Waals surface area contributed by atoms with Crippen LogP contribution in [0.15, 0.2) is 32.6 Å². The van der Waals surface area contributed by atoms with Gasteiger partial charge in [-0.2, -0.15) is 0 Å². The number of imidazole rings is 1. The van der Waals surface area contributed by atoms with Crippen LogP contribution in [0.25, 0.3) is 11.2 Å². The number of nitrogens with two attached hydrogens (primary N) is 6. The molecule has 3 heterocycles. The van der Waals surface area contributed by atoms with Crippen molar-refractivity contribution in [2.45, 2.75) is 94.2 Å². The molecule has 27 N–H and O–H groups in total. The highest BCUT2D eigenvalue weighted by Gasteiger charge is 2.50. The standard InChI is InChI=1S/C23H22O18.C6H13N3O3.C5H4N4O3.C5H12N2O2.C5H9NO3.CH4N2O/c1-9(24)20(34)41-23(22(36)37,7-15(27)28)8-16(29)40-17(11(19(32)33)6-14(25)26)21(35)39-12-4-3-10(18(30)31)5-13(12)38-2;7-4(5(10)11)2-1-3-9-6(8)12;10-3-1-2(7-4(11)6-1)8-5(12)9-3;6-3-1-2-4(7)5(8)9;7-3-1-2-6-4(3)5(8)9;2-1(3)4/h3-5,11,17H,6-8H2,1-2H3,(H,25,26)(H,27,28)(H,30,31)(H,32,33)(H,36,37);4H,1-3,7H2,(H,10,11)(H3,8,9,12);(H4,6,7,8,9,10,11,12);4H,1-3,6-7H2,(H,8,9);3-4,6-7H,1-2H2,(H,8,9);(H4,2,3,4)/t;4-;;4-;3?,4-;/m.0.00./s1. The molecule has 42 heteroatoms. The van der Waals surface area contributed by atoms with E-state index in [4.69, 9.17) is 77.7 Å². The summed E-state index contributed by atoms with van der Waals surface area (Å²) in [5, 5.41) is 85.2. The predicted molar refractivity (Wildman–Crippen MR) is 283 cm³/mol. The number of carboxylic acid groups (broad SMARTS) is 8. The Balaban J connectivity index is 0. The Bertz CT molecular complexity index is 3110. The number of ether oxygens (including phenoxy) is 4. The molecule has 1 fully saturated rings. The number of rotatable bonds is 26. The van der Waals surface area contributed by atoms with E-state index in [0.29, 0.717) is 58.7 Å². The number of carboxylic acids is 8. The summed E-state index contributed by atoms with van der Waals surface area (Å²) in [6, 6.07) is -1.06. The number of primary amides is 3. The number of Topliss-reactive ketones (excluding diaryl/α,β-unsaturated/α-hetero) is 1. The van der Waals surface area contributed by atoms with Crippen molar-refractivity contribution in [1.29, 1.82) is 0 Å². The first-order valence-corrected chi connectivity index (χ1v) is 24.1. The van der Waals surface area contributed by atoms with Crippen molar-refractivity contribution in [2.75, 3.05) is 26.7 Å². The molecule has 42 nitrogen and oxygen atoms in total. The number of carbonyl (C=O) groups is 14. The van der Waals surface area contributed by atoms with Crippen LogP contribution >= 0.6 is 0 Å². The molecule has 2 aromatic heterocycles. The normalized spacial score (nSPS) is 14.6. The van der Waals surface area contributed by atoms with Gasteiger partial charge in [-0.1, -0.05) is 0 Å². The fourth-order valence-electron chi connectivity index (χ4n) is 6.11. The van der Waals surface area contributed by atoms with Crippen LogP contribution in [0.5, 0.6) is 11.5 Å². The van der Waals surface area contributed by atoms with Crippen molar-refractivity contribution in [2.24, 2.45) is 40.3 Å². The van der Waals surface area contributed by atoms with Crippen molar-refractivity contribution in [3.63, 3.8) is 0 Å². The molecule has 484 valence electrons. The Morgan fingerprint density at radius 3 is 1.68 bits per heavy atom. The molecule has 7 atom stereocenters. The zero-order chi connectivity index (χ0) is 67.6. The number of aromatic nitrogens is 4. The van der Waals surface area contributed by atoms with Crippen molar-refractivity contribution in [1.82, 2.24) is 30.6 Å². The highest BCUT2D eigenvalue weighted by Crippen LogP contribution is 2.30. The largest absolute Gasteiger partial charge is 0.493 e. The molecule has 1 saturated heterocycles. The smallest absolute Gasteiger partial charge is 0.375 e. The molecule has 4 amide bonds. The quantitative estimate of drug-likeness (QED) is 0.0154. The number of fused-ring (bicyclic) bond motifs is 1. The summed E-state index contributed by atoms with van der Waals surface area (Å²) in [4.78, 5) is 197. The summed E-state index contributed by atoms with van der Waals surface area (Å²) in [7, 11) is 1.04. The van der Waals surface area contributed by atoms with Crippen LogP contribution < -0.4 is 71.4 Å². The number of hydrogen-bond acceptors (Lipinski definition) is 26. The first-order chi connectivity index (χ1) is 40.3. The molecule has 1 aliphatic rings. The van der Waals surface area contributed by atoms with E-state index < -0.39 is 167 Å². The number of aliphatic hydroxyl groups is 1. The number of aliphatic carboxylic acids is 7. The number of H-pyrrole nitrogens is 4. The van der Waals surface area contributed by atoms with Gasteiger partial charge in [-0.05, 0) is 63.4 Å². The monoisotopic (exact) mass is 1250 g/mol. The second-order valence-corrected chi connectivity index (χ2v) is 17.1. The number of aromatic carboxylic acids is 1. The minimum absolute atomic E-state index is 0.0413. The Labute approximate surface area is 484 Å². The van der Waals surface area contributed by atoms with Gasteiger partial charge in [0.05, 0.1) is 38.0 Å². The Kier molecular flexibility index (Phi) is 34.9. The number of carbonyl (C=O) groups excluding carboxylic acids is 6. The number of ketones is 1. The Morgan fingerprint density at radius 1 is 0.736 bits per heavy atom. The maximum absolute atomic E-state index is 12.9. The molecule has 0 saturated carbocycles. The third-order valence-electron chi connectivity index (χ3n) is 10.2. The van der Waals surface area contributed by atoms with E-state index in [9.17, 15) is 86.9 Å². The summed E-state index contributed by atoms with van der Waals surface area (Å²) >= 11 is 0. The zero-order valence-corrected chi connectivity index (χ0v) is 45.5. The molecular weight excluding hydrogens is 1190 g/mol. The van der Waals surface area contributed by atoms with Crippen LogP contribution in [0, 0.1) is 5.92 Å². The van der Waals surface area contributed by atoms with E-state index in [2.05, 4.69) is 41.8 Å². The van der Waals surface area contributed by atoms with Crippen LogP contribution in [0.3, 0.4) is 0 Å². The molecule has 0 radical (unpaired) electrons. The van der Waals surface area contributed by atoms with E-state index in [1.807, 2.05) is 4.98 Å². The lowest BCUT2D eigenvalue weighted by atomic mass is 9.94. The molecule has 4 unspecified atom stereocenters. The topological polar surface area (TPSA) is 753 Å². The molecule has 1 aliphatic heterocycles. The first kappa shape index (κ1) is 78.2. The lowest BCUT2D eigenvalue weighted by Gasteiger charge is -2.28. The van der Waals surface area contributed by atoms with Gasteiger partial charge in [-0.15, -0.1) is 0 Å². The highest BCUT2D eigenvalue weighted by atomic mass is 16.6. The number of urea groups is 2. The van der Waals surface area contributed by atoms with Crippen LogP contribution in [0.1, 0.15) is 68.6 Å². The molecule has 1 aromatic carbocycles. The lowest BCUT2D eigenvalue weighted by Crippen LogP contribution is -2.49. The van der Waals surface area contributed by atoms with E-state index in [1.54, 1.807) is 0 Å². The molecule has 87 heavy (non-hydrogen) atoms. The summed E-state index contributed by atoms with van der Waals surface area (Å²) < 4.78 is 19.1. The molecule has 3 aromatic rings. The molecule has 4 rings (SSSR count). The Morgan fingerprint density at radius 2 is 1.28 bits per heavy atom. The lowest BCUT2D eigenvalue weighted by molar-refractivity contribution is -0.191. The number of esters is 3. The van der Waals surface area contributed by atoms with Crippen LogP contribution in [-0.4, -0.2) is 212 Å². The summed E-state index contributed by atoms with van der Waals surface area (Å²) in [5.74, 6) is -22.5. The number of nitrogens with one attached hydrogen (secondary N) is 6. The van der Waals surface area contributed by atoms with Crippen molar-refractivity contribution < 1.29 is 132 Å². The zero-order valence-electron chi connectivity index (χ0n) is 45.5. The van der Waals surface area contributed by atoms with Gasteiger partial charge in [-0.3, -0.25) is 63.1 Å². The second-order valence-electron chi connectivity index (χ2n) is 17.1. The van der Waals surface area contributed by atoms with Gasteiger partial charge in [-0.25, -0.2) is 38.4 Å². The summed E-state index contributed by atoms with van der Waals surface area (Å²) in [5.41, 5.74) is 23.5. The van der Waals surface area contributed by atoms with Gasteiger partial charge < -0.3 is 110 Å². The van der Waals surface area contributed by atoms with Gasteiger partial charge in [0.25, 0.3) is 5.56 Å². The van der Waals surface area contributed by atoms with Gasteiger partial charge in [0.15, 0.2) is 11.5 Å². The van der Waals surface area contributed by atoms with Crippen LogP contribution in [-0.2, 0) is 62.2 Å². The minimum atomic E-state index is -3.28. The number of aromatic amines is 4. The van der Waals surface area contributed by atoms with Crippen molar-refractivity contribution in [3.8, 4) is 11.5 Å². The van der Waals surface area contributed by atoms with E-state index in [1.165, 1.54) is 0 Å². The number of benzene rings is 1. The average Bonchev–Trinajstić information content (AvgIpc) is 4.14. The van der Waals surface area contributed by atoms with Gasteiger partial charge in [0.1, 0.15) is 35.2 Å². The fourth-order valence-corrected chi connectivity index (χ4v) is 6.11. The maximum atomic E-state index is 12.9. The minimum Gasteiger partial charge on any atom is -0.493 e. The van der Waals surface area contributed by atoms with Crippen molar-refractivity contribution in [3.05, 3.63) is 55.1 Å². The third kappa shape index (κ3) is 30.9. The highest BCUT2D eigenvalue weighted by molar-refractivity contribution is 6.33. The molecular formula is C45H64N12O30. The second kappa shape index (κ2) is 38.8. The SMILES string of the molecule is COc1cc(C(=O)O)ccc1OC(=O)C(OC(=O)CC(CC(=O)O)(OC(=O)C(C)=O)C(=O)O)C(CC(=O)O)C(=O)O.NC(=O)NCCC[C@H](N)C(=O)O.NC(N)=O.NCCC[C@H](N)C(=O)O.O=C(O)[C@H]1NCCC1O.O=c1[nH]c(=O)c2[nH]c(=O)[nH]c2[nH]1. The number of amides is 4. The van der Waals surface area contributed by atoms with Gasteiger partial charge >= 0.3 is 89.1 Å². The van der Waals surface area contributed by atoms with E-state index in [-0.39, 0.29) is 22.5 Å².